The molecule has 19 nitrogen and oxygen atoms in total. The zero-order chi connectivity index (χ0) is 54.7. The number of methoxy groups -OCH3 is 5. The Kier molecular flexibility index (Phi) is 18.1. The quantitative estimate of drug-likeness (QED) is 0.149. The van der Waals surface area contributed by atoms with Gasteiger partial charge in [-0.2, -0.15) is 0 Å². The summed E-state index contributed by atoms with van der Waals surface area (Å²) >= 11 is 3.34. The monoisotopic (exact) mass is 1130 g/mol. The first-order chi connectivity index (χ1) is 35.4. The van der Waals surface area contributed by atoms with Gasteiger partial charge in [-0.25, -0.2) is 9.59 Å². The Morgan fingerprint density at radius 3 is 1.97 bits per heavy atom. The molecule has 3 N–H and O–H groups in total. The Balaban J connectivity index is 0.980. The average Bonchev–Trinajstić information content (AvgIpc) is 4.12. The number of carbonyl (C=O) groups excluding carboxylic acids is 1. The number of aliphatic carboxylic acids is 1. The second kappa shape index (κ2) is 22.9. The van der Waals surface area contributed by atoms with E-state index in [0.717, 1.165) is 19.3 Å². The van der Waals surface area contributed by atoms with Gasteiger partial charge in [-0.15, -0.1) is 0 Å². The van der Waals surface area contributed by atoms with Gasteiger partial charge in [0, 0.05) is 88.9 Å². The van der Waals surface area contributed by atoms with Crippen LogP contribution in [0.5, 0.6) is 0 Å². The van der Waals surface area contributed by atoms with Crippen LogP contribution in [0.2, 0.25) is 0 Å². The third-order valence-electron chi connectivity index (χ3n) is 18.8. The second-order valence-corrected chi connectivity index (χ2v) is 24.0. The predicted octanol–water partition coefficient (Wildman–Crippen LogP) is 6.57. The molecule has 0 bridgehead atoms. The molecule has 20 heteroatoms. The highest BCUT2D eigenvalue weighted by Gasteiger charge is 2.70. The van der Waals surface area contributed by atoms with Crippen molar-refractivity contribution in [2.75, 3.05) is 35.5 Å². The number of aliphatic hydroxyl groups is 2. The lowest BCUT2D eigenvalue weighted by Gasteiger charge is -2.56. The Hall–Kier alpha value is -1.96. The van der Waals surface area contributed by atoms with Crippen LogP contribution in [0.3, 0.4) is 0 Å². The Morgan fingerprint density at radius 1 is 0.720 bits per heavy atom. The van der Waals surface area contributed by atoms with Crippen LogP contribution in [-0.4, -0.2) is 183 Å². The number of carbonyl (C=O) groups is 2. The van der Waals surface area contributed by atoms with E-state index in [-0.39, 0.29) is 78.4 Å². The maximum atomic E-state index is 13.4. The maximum absolute atomic E-state index is 13.4. The van der Waals surface area contributed by atoms with Gasteiger partial charge in [0.1, 0.15) is 11.2 Å². The molecule has 25 atom stereocenters. The summed E-state index contributed by atoms with van der Waals surface area (Å²) in [5.41, 5.74) is -2.20. The number of carboxylic acids is 1. The number of rotatable bonds is 16. The fourth-order valence-electron chi connectivity index (χ4n) is 14.2. The van der Waals surface area contributed by atoms with Gasteiger partial charge in [-0.05, 0) is 84.1 Å². The van der Waals surface area contributed by atoms with Gasteiger partial charge in [-0.3, -0.25) is 0 Å². The van der Waals surface area contributed by atoms with Gasteiger partial charge in [0.15, 0.2) is 17.9 Å². The van der Waals surface area contributed by atoms with Gasteiger partial charge < -0.3 is 81.6 Å². The van der Waals surface area contributed by atoms with Crippen molar-refractivity contribution in [3.8, 4) is 0 Å². The third-order valence-corrected chi connectivity index (χ3v) is 19.4. The fourth-order valence-corrected chi connectivity index (χ4v) is 14.5. The first kappa shape index (κ1) is 59.2. The molecule has 25 unspecified atom stereocenters. The van der Waals surface area contributed by atoms with Gasteiger partial charge in [0.2, 0.25) is 5.79 Å². The molecular weight excluding hydrogens is 1040 g/mol. The van der Waals surface area contributed by atoms with E-state index in [1.54, 1.807) is 54.2 Å². The predicted molar refractivity (Wildman–Crippen MR) is 271 cm³/mol. The number of halogens is 1. The lowest BCUT2D eigenvalue weighted by atomic mass is 9.73. The lowest BCUT2D eigenvalue weighted by molar-refractivity contribution is -0.389. The summed E-state index contributed by atoms with van der Waals surface area (Å²) in [6.07, 6.45) is -3.49. The molecule has 0 aliphatic carbocycles. The minimum atomic E-state index is -2.59. The first-order valence-electron chi connectivity index (χ1n) is 27.0. The summed E-state index contributed by atoms with van der Waals surface area (Å²) in [6, 6.07) is 6.20. The van der Waals surface area contributed by atoms with E-state index in [4.69, 9.17) is 66.3 Å². The number of ether oxygens (including phenoxy) is 14. The van der Waals surface area contributed by atoms with Crippen LogP contribution in [0.25, 0.3) is 0 Å². The highest BCUT2D eigenvalue weighted by Crippen LogP contribution is 2.57. The number of esters is 1. The molecule has 7 heterocycles. The van der Waals surface area contributed by atoms with Crippen LogP contribution < -0.4 is 0 Å². The van der Waals surface area contributed by atoms with Gasteiger partial charge in [0.25, 0.3) is 6.10 Å². The van der Waals surface area contributed by atoms with Crippen LogP contribution in [0, 0.1) is 29.6 Å². The topological polar surface area (TPSA) is 224 Å². The van der Waals surface area contributed by atoms with Crippen molar-refractivity contribution < 1.29 is 91.2 Å². The summed E-state index contributed by atoms with van der Waals surface area (Å²) in [4.78, 5) is 26.5. The van der Waals surface area contributed by atoms with E-state index >= 15 is 0 Å². The molecule has 0 amide bonds. The van der Waals surface area contributed by atoms with Crippen molar-refractivity contribution in [2.24, 2.45) is 29.6 Å². The first-order valence-corrected chi connectivity index (χ1v) is 27.8. The fraction of sp³-hybridized carbons (Fsp3) is 0.855. The molecule has 8 rings (SSSR count). The molecule has 1 aromatic rings. The van der Waals surface area contributed by atoms with Crippen molar-refractivity contribution in [1.82, 2.24) is 0 Å². The standard InChI is InChI=1S/C55H85BrO19/c1-27-44(70-43-24-22-36(62-10)32(6)67-43)29(3)53(9,60)74-45(27)39-20-19-37(68-39)38-21-23-41(69-38)52(8)47(65-13)31(5)55(75-52)28(2)40(63-11)25-35(72-55)26-42-51(7,66-14)46(64-12)30(4)54(61,73-42)48(49(57)58)71-50(59)33-15-17-34(56)18-16-33/h15-18,27-32,35-48,60-61H,19-26H2,1-14H3,(H,57,58). The van der Waals surface area contributed by atoms with E-state index in [9.17, 15) is 24.9 Å². The van der Waals surface area contributed by atoms with Crippen LogP contribution in [0.1, 0.15) is 124 Å². The SMILES string of the molecule is COC1CCC(OC2C(C)C(C3CCC(C4CCC(C5(C)OC6(OC(CC7OC(O)(C(OC(=O)c8ccc(Br)cc8)C(=O)O)C(C)C(OC)C7(C)OC)CC(OC)C6C)C(C)C5OC)O4)O3)OC(C)(O)C2C)OC1C. The summed E-state index contributed by atoms with van der Waals surface area (Å²) in [7, 11) is 7.96. The molecule has 1 spiro atoms. The molecule has 7 aliphatic heterocycles. The molecule has 0 saturated carbocycles. The molecular formula is C55H85BrO19. The van der Waals surface area contributed by atoms with Gasteiger partial charge in [0.05, 0.1) is 84.9 Å². The minimum absolute atomic E-state index is 0.00832. The minimum Gasteiger partial charge on any atom is -0.478 e. The molecule has 1 aromatic carbocycles. The van der Waals surface area contributed by atoms with Crippen molar-refractivity contribution in [2.45, 2.75) is 234 Å². The van der Waals surface area contributed by atoms with E-state index < -0.39 is 95.4 Å². The molecule has 7 saturated heterocycles. The highest BCUT2D eigenvalue weighted by atomic mass is 79.9. The van der Waals surface area contributed by atoms with Gasteiger partial charge >= 0.3 is 11.9 Å². The van der Waals surface area contributed by atoms with Crippen molar-refractivity contribution >= 4 is 27.9 Å². The smallest absolute Gasteiger partial charge is 0.350 e. The summed E-state index contributed by atoms with van der Waals surface area (Å²) < 4.78 is 91.2. The van der Waals surface area contributed by atoms with E-state index in [1.165, 1.54) is 26.4 Å². The number of hydrogen-bond acceptors (Lipinski definition) is 18. The zero-order valence-corrected chi connectivity index (χ0v) is 47.9. The Labute approximate surface area is 450 Å². The van der Waals surface area contributed by atoms with Crippen LogP contribution in [0.4, 0.5) is 0 Å². The number of benzene rings is 1. The average molecular weight is 1130 g/mol. The maximum Gasteiger partial charge on any atom is 0.350 e. The van der Waals surface area contributed by atoms with E-state index in [1.807, 2.05) is 34.6 Å². The largest absolute Gasteiger partial charge is 0.478 e. The Bertz CT molecular complexity index is 2120. The summed E-state index contributed by atoms with van der Waals surface area (Å²) in [6.45, 7) is 17.2. The third kappa shape index (κ3) is 10.8. The van der Waals surface area contributed by atoms with Crippen LogP contribution >= 0.6 is 15.9 Å². The molecule has 426 valence electrons. The number of hydrogen-bond donors (Lipinski definition) is 3. The molecule has 7 fully saturated rings. The summed E-state index contributed by atoms with van der Waals surface area (Å²) in [5.74, 6) is -10.1. The highest BCUT2D eigenvalue weighted by molar-refractivity contribution is 9.10. The molecule has 0 radical (unpaired) electrons. The molecule has 7 aliphatic rings. The second-order valence-electron chi connectivity index (χ2n) is 23.1. The Morgan fingerprint density at radius 2 is 1.36 bits per heavy atom. The molecule has 75 heavy (non-hydrogen) atoms. The zero-order valence-electron chi connectivity index (χ0n) is 46.3. The van der Waals surface area contributed by atoms with Gasteiger partial charge in [-0.1, -0.05) is 50.5 Å². The normalized spacial score (nSPS) is 48.7. The van der Waals surface area contributed by atoms with E-state index in [2.05, 4.69) is 22.9 Å². The molecule has 0 aromatic heterocycles. The summed E-state index contributed by atoms with van der Waals surface area (Å²) in [5, 5.41) is 34.8. The van der Waals surface area contributed by atoms with Crippen molar-refractivity contribution in [1.29, 1.82) is 0 Å². The van der Waals surface area contributed by atoms with Crippen molar-refractivity contribution in [3.05, 3.63) is 34.3 Å². The van der Waals surface area contributed by atoms with Crippen LogP contribution in [-0.2, 0) is 71.1 Å². The lowest BCUT2D eigenvalue weighted by Crippen LogP contribution is -2.72. The van der Waals surface area contributed by atoms with E-state index in [0.29, 0.717) is 30.2 Å². The number of carboxylic acid groups (broad SMARTS) is 1. The van der Waals surface area contributed by atoms with Crippen molar-refractivity contribution in [3.63, 3.8) is 0 Å². The van der Waals surface area contributed by atoms with Crippen LogP contribution in [0.15, 0.2) is 28.7 Å².